The van der Waals surface area contributed by atoms with E-state index in [9.17, 15) is 9.59 Å². The van der Waals surface area contributed by atoms with E-state index in [0.29, 0.717) is 0 Å². The Morgan fingerprint density at radius 3 is 2.57 bits per heavy atom. The average molecular weight is 385 g/mol. The molecule has 0 bridgehead atoms. The normalized spacial score (nSPS) is 13.9. The number of fused-ring (bicyclic) bond motifs is 3. The minimum Gasteiger partial charge on any atom is -0.445 e. The van der Waals surface area contributed by atoms with Gasteiger partial charge in [0.2, 0.25) is 0 Å². The third kappa shape index (κ3) is 3.69. The summed E-state index contributed by atoms with van der Waals surface area (Å²) in [7, 11) is 3.07. The van der Waals surface area contributed by atoms with Crippen molar-refractivity contribution in [3.05, 3.63) is 52.8 Å². The number of nitrogens with zero attached hydrogens (tertiary/aromatic N) is 1. The van der Waals surface area contributed by atoms with E-state index in [1.807, 2.05) is 18.3 Å². The Morgan fingerprint density at radius 1 is 1.18 bits per heavy atom. The molecule has 2 heterocycles. The van der Waals surface area contributed by atoms with Crippen molar-refractivity contribution in [2.24, 2.45) is 5.92 Å². The summed E-state index contributed by atoms with van der Waals surface area (Å²) < 4.78 is 13.2. The van der Waals surface area contributed by atoms with E-state index in [-0.39, 0.29) is 12.5 Å². The number of carbonyl (C=O) groups is 2. The van der Waals surface area contributed by atoms with Gasteiger partial charge < -0.3 is 24.7 Å². The highest BCUT2D eigenvalue weighted by Gasteiger charge is 2.33. The van der Waals surface area contributed by atoms with Gasteiger partial charge >= 0.3 is 12.2 Å². The molecule has 7 heteroatoms. The predicted molar refractivity (Wildman–Crippen MR) is 106 cm³/mol. The molecule has 7 nitrogen and oxygen atoms in total. The van der Waals surface area contributed by atoms with Crippen molar-refractivity contribution in [3.63, 3.8) is 0 Å². The first-order valence-electron chi connectivity index (χ1n) is 9.54. The maximum Gasteiger partial charge on any atom is 0.407 e. The van der Waals surface area contributed by atoms with Gasteiger partial charge in [-0.1, -0.05) is 32.0 Å². The minimum absolute atomic E-state index is 0.104. The summed E-state index contributed by atoms with van der Waals surface area (Å²) in [6, 6.07) is 8.19. The van der Waals surface area contributed by atoms with Gasteiger partial charge in [-0.2, -0.15) is 0 Å². The number of hydrogen-bond donors (Lipinski definition) is 2. The van der Waals surface area contributed by atoms with Crippen LogP contribution in [-0.4, -0.2) is 30.8 Å². The van der Waals surface area contributed by atoms with Crippen LogP contribution >= 0.6 is 0 Å². The molecule has 2 atom stereocenters. The fourth-order valence-electron chi connectivity index (χ4n) is 3.61. The van der Waals surface area contributed by atoms with Crippen LogP contribution in [0, 0.1) is 5.92 Å². The molecule has 2 N–H and O–H groups in total. The molecule has 2 amide bonds. The van der Waals surface area contributed by atoms with E-state index in [1.165, 1.54) is 12.6 Å². The second-order valence-electron chi connectivity index (χ2n) is 6.98. The first kappa shape index (κ1) is 19.8. The molecule has 1 aliphatic rings. The monoisotopic (exact) mass is 385 g/mol. The maximum atomic E-state index is 12.0. The largest absolute Gasteiger partial charge is 0.445 e. The topological polar surface area (TPSA) is 81.6 Å². The smallest absolute Gasteiger partial charge is 0.407 e. The molecule has 28 heavy (non-hydrogen) atoms. The number of carbonyl (C=O) groups excluding carboxylic acids is 2. The Kier molecular flexibility index (Phi) is 5.92. The van der Waals surface area contributed by atoms with Crippen LogP contribution < -0.4 is 10.6 Å². The molecule has 2 unspecified atom stereocenters. The quantitative estimate of drug-likeness (QED) is 0.678. The highest BCUT2D eigenvalue weighted by molar-refractivity contribution is 5.68. The summed E-state index contributed by atoms with van der Waals surface area (Å²) in [4.78, 5) is 23.7. The highest BCUT2D eigenvalue weighted by atomic mass is 16.6. The summed E-state index contributed by atoms with van der Waals surface area (Å²) in [5.41, 5.74) is 5.18. The lowest BCUT2D eigenvalue weighted by atomic mass is 9.91. The van der Waals surface area contributed by atoms with Crippen LogP contribution in [-0.2, 0) is 22.5 Å². The zero-order valence-corrected chi connectivity index (χ0v) is 16.7. The SMILES string of the molecule is CCC(C)C(OC(=O)NC)c1c(COC(=O)NC)cn2c1Cc1ccccc1-2. The van der Waals surface area contributed by atoms with Crippen molar-refractivity contribution in [2.45, 2.75) is 39.4 Å². The number of benzene rings is 1. The number of amides is 2. The molecule has 1 aromatic heterocycles. The van der Waals surface area contributed by atoms with E-state index in [2.05, 4.69) is 41.2 Å². The van der Waals surface area contributed by atoms with Crippen LogP contribution in [0.25, 0.3) is 5.69 Å². The Bertz CT molecular complexity index is 875. The van der Waals surface area contributed by atoms with Crippen molar-refractivity contribution < 1.29 is 19.1 Å². The van der Waals surface area contributed by atoms with Crippen molar-refractivity contribution in [1.29, 1.82) is 0 Å². The molecule has 0 radical (unpaired) electrons. The van der Waals surface area contributed by atoms with E-state index in [0.717, 1.165) is 35.3 Å². The molecule has 0 spiro atoms. The van der Waals surface area contributed by atoms with Gasteiger partial charge in [0.15, 0.2) is 0 Å². The van der Waals surface area contributed by atoms with E-state index >= 15 is 0 Å². The molecule has 1 aliphatic heterocycles. The first-order chi connectivity index (χ1) is 13.5. The predicted octanol–water partition coefficient (Wildman–Crippen LogP) is 3.68. The summed E-state index contributed by atoms with van der Waals surface area (Å²) in [5, 5.41) is 5.00. The summed E-state index contributed by atoms with van der Waals surface area (Å²) in [6.07, 6.45) is 2.18. The van der Waals surface area contributed by atoms with Gasteiger partial charge in [-0.3, -0.25) is 0 Å². The van der Waals surface area contributed by atoms with Crippen molar-refractivity contribution in [2.75, 3.05) is 14.1 Å². The number of rotatable bonds is 6. The van der Waals surface area contributed by atoms with Crippen LogP contribution in [0.1, 0.15) is 48.8 Å². The van der Waals surface area contributed by atoms with Crippen LogP contribution in [0.5, 0.6) is 0 Å². The lowest BCUT2D eigenvalue weighted by Gasteiger charge is -2.25. The standard InChI is InChI=1S/C21H27N3O4/c1-5-13(2)19(28-21(26)23-4)18-15(12-27-20(25)22-3)11-24-16-9-7-6-8-14(16)10-17(18)24/h6-9,11,13,19H,5,10,12H2,1-4H3,(H,22,25)(H,23,26). The van der Waals surface area contributed by atoms with Crippen LogP contribution in [0.15, 0.2) is 30.5 Å². The minimum atomic E-state index is -0.495. The number of alkyl carbamates (subject to hydrolysis) is 2. The summed E-state index contributed by atoms with van der Waals surface area (Å²) in [5.74, 6) is 0.104. The van der Waals surface area contributed by atoms with Gasteiger partial charge in [0.05, 0.1) is 0 Å². The Hall–Kier alpha value is -2.96. The lowest BCUT2D eigenvalue weighted by molar-refractivity contribution is 0.0638. The Labute approximate surface area is 165 Å². The van der Waals surface area contributed by atoms with Crippen LogP contribution in [0.3, 0.4) is 0 Å². The number of ether oxygens (including phenoxy) is 2. The maximum absolute atomic E-state index is 12.0. The molecular weight excluding hydrogens is 358 g/mol. The third-order valence-electron chi connectivity index (χ3n) is 5.29. The van der Waals surface area contributed by atoms with E-state index in [1.54, 1.807) is 7.05 Å². The fraction of sp³-hybridized carbons (Fsp3) is 0.429. The van der Waals surface area contributed by atoms with Gasteiger partial charge in [0, 0.05) is 49.2 Å². The van der Waals surface area contributed by atoms with Crippen LogP contribution in [0.4, 0.5) is 9.59 Å². The Balaban J connectivity index is 2.07. The fourth-order valence-corrected chi connectivity index (χ4v) is 3.61. The Morgan fingerprint density at radius 2 is 1.89 bits per heavy atom. The molecule has 1 aromatic carbocycles. The lowest BCUT2D eigenvalue weighted by Crippen LogP contribution is -2.26. The van der Waals surface area contributed by atoms with Gasteiger partial charge in [-0.25, -0.2) is 9.59 Å². The number of nitrogens with one attached hydrogen (secondary N) is 2. The number of hydrogen-bond acceptors (Lipinski definition) is 4. The van der Waals surface area contributed by atoms with Crippen LogP contribution in [0.2, 0.25) is 0 Å². The van der Waals surface area contributed by atoms with Gasteiger partial charge in [0.25, 0.3) is 0 Å². The molecule has 0 saturated carbocycles. The van der Waals surface area contributed by atoms with Gasteiger partial charge in [0.1, 0.15) is 12.7 Å². The second kappa shape index (κ2) is 8.37. The molecule has 0 aliphatic carbocycles. The van der Waals surface area contributed by atoms with Gasteiger partial charge in [-0.15, -0.1) is 0 Å². The van der Waals surface area contributed by atoms with E-state index < -0.39 is 18.3 Å². The molecular formula is C21H27N3O4. The summed E-state index contributed by atoms with van der Waals surface area (Å²) >= 11 is 0. The summed E-state index contributed by atoms with van der Waals surface area (Å²) in [6.45, 7) is 4.24. The molecule has 0 fully saturated rings. The first-order valence-corrected chi connectivity index (χ1v) is 9.54. The molecule has 3 rings (SSSR count). The van der Waals surface area contributed by atoms with Crippen molar-refractivity contribution in [3.8, 4) is 5.69 Å². The molecule has 0 saturated heterocycles. The third-order valence-corrected chi connectivity index (χ3v) is 5.29. The highest BCUT2D eigenvalue weighted by Crippen LogP contribution is 2.40. The molecule has 2 aromatic rings. The average Bonchev–Trinajstić information content (AvgIpc) is 3.25. The number of aromatic nitrogens is 1. The molecule has 150 valence electrons. The zero-order chi connectivity index (χ0) is 20.3. The van der Waals surface area contributed by atoms with Crippen molar-refractivity contribution >= 4 is 12.2 Å². The second-order valence-corrected chi connectivity index (χ2v) is 6.98. The number of para-hydroxylation sites is 1. The zero-order valence-electron chi connectivity index (χ0n) is 16.7. The van der Waals surface area contributed by atoms with Gasteiger partial charge in [-0.05, 0) is 24.0 Å². The van der Waals surface area contributed by atoms with Crippen molar-refractivity contribution in [1.82, 2.24) is 15.2 Å². The van der Waals surface area contributed by atoms with E-state index in [4.69, 9.17) is 9.47 Å².